The SMILES string of the molecule is Cn1cccc1/C(=C/c1ccccc1)c1ccccc1. The summed E-state index contributed by atoms with van der Waals surface area (Å²) in [6, 6.07) is 25.2. The summed E-state index contributed by atoms with van der Waals surface area (Å²) in [5, 5.41) is 0. The van der Waals surface area contributed by atoms with E-state index in [4.69, 9.17) is 0 Å². The summed E-state index contributed by atoms with van der Waals surface area (Å²) in [5.41, 5.74) is 4.91. The van der Waals surface area contributed by atoms with Crippen molar-refractivity contribution in [3.05, 3.63) is 95.8 Å². The van der Waals surface area contributed by atoms with Crippen molar-refractivity contribution in [3.8, 4) is 0 Å². The third-order valence-corrected chi connectivity index (χ3v) is 3.42. The molecule has 0 aliphatic heterocycles. The maximum atomic E-state index is 2.24. The van der Waals surface area contributed by atoms with Crippen molar-refractivity contribution in [2.45, 2.75) is 0 Å². The molecule has 3 aromatic rings. The van der Waals surface area contributed by atoms with Gasteiger partial charge in [-0.2, -0.15) is 0 Å². The molecule has 20 heavy (non-hydrogen) atoms. The van der Waals surface area contributed by atoms with Gasteiger partial charge >= 0.3 is 0 Å². The lowest BCUT2D eigenvalue weighted by atomic mass is 10.00. The largest absolute Gasteiger partial charge is 0.351 e. The summed E-state index contributed by atoms with van der Waals surface area (Å²) in [6.07, 6.45) is 4.32. The van der Waals surface area contributed by atoms with E-state index in [0.29, 0.717) is 0 Å². The van der Waals surface area contributed by atoms with E-state index in [1.54, 1.807) is 0 Å². The molecule has 0 N–H and O–H groups in total. The smallest absolute Gasteiger partial charge is 0.0483 e. The molecule has 1 heteroatoms. The zero-order valence-corrected chi connectivity index (χ0v) is 11.5. The van der Waals surface area contributed by atoms with E-state index in [2.05, 4.69) is 90.6 Å². The highest BCUT2D eigenvalue weighted by molar-refractivity contribution is 5.90. The maximum absolute atomic E-state index is 2.24. The van der Waals surface area contributed by atoms with Crippen LogP contribution in [0.15, 0.2) is 79.0 Å². The van der Waals surface area contributed by atoms with Gasteiger partial charge in [0.2, 0.25) is 0 Å². The third-order valence-electron chi connectivity index (χ3n) is 3.42. The van der Waals surface area contributed by atoms with Gasteiger partial charge < -0.3 is 4.57 Å². The Hall–Kier alpha value is -2.54. The Morgan fingerprint density at radius 2 is 1.45 bits per heavy atom. The number of aromatic nitrogens is 1. The minimum atomic E-state index is 1.22. The Morgan fingerprint density at radius 3 is 2.05 bits per heavy atom. The van der Waals surface area contributed by atoms with Crippen molar-refractivity contribution in [1.29, 1.82) is 0 Å². The average Bonchev–Trinajstić information content (AvgIpc) is 2.93. The maximum Gasteiger partial charge on any atom is 0.0483 e. The summed E-state index contributed by atoms with van der Waals surface area (Å²) in [6.45, 7) is 0. The molecular formula is C19H17N. The van der Waals surface area contributed by atoms with Crippen molar-refractivity contribution in [2.24, 2.45) is 7.05 Å². The highest BCUT2D eigenvalue weighted by Gasteiger charge is 2.07. The quantitative estimate of drug-likeness (QED) is 0.605. The van der Waals surface area contributed by atoms with Gasteiger partial charge in [-0.15, -0.1) is 0 Å². The van der Waals surface area contributed by atoms with E-state index >= 15 is 0 Å². The predicted octanol–water partition coefficient (Wildman–Crippen LogP) is 4.61. The highest BCUT2D eigenvalue weighted by atomic mass is 14.9. The normalized spacial score (nSPS) is 11.6. The van der Waals surface area contributed by atoms with Crippen molar-refractivity contribution in [3.63, 3.8) is 0 Å². The van der Waals surface area contributed by atoms with Crippen molar-refractivity contribution in [1.82, 2.24) is 4.57 Å². The fraction of sp³-hybridized carbons (Fsp3) is 0.0526. The molecule has 0 amide bonds. The standard InChI is InChI=1S/C19H17N/c1-20-14-8-13-19(20)18(17-11-6-3-7-12-17)15-16-9-4-2-5-10-16/h2-15H,1H3/b18-15+. The zero-order chi connectivity index (χ0) is 13.8. The number of nitrogens with zero attached hydrogens (tertiary/aromatic N) is 1. The second-order valence-electron chi connectivity index (χ2n) is 4.84. The van der Waals surface area contributed by atoms with E-state index in [9.17, 15) is 0 Å². The average molecular weight is 259 g/mol. The summed E-state index contributed by atoms with van der Waals surface area (Å²) in [5.74, 6) is 0. The first-order chi connectivity index (χ1) is 9.84. The summed E-state index contributed by atoms with van der Waals surface area (Å²) in [4.78, 5) is 0. The van der Waals surface area contributed by atoms with E-state index < -0.39 is 0 Å². The summed E-state index contributed by atoms with van der Waals surface area (Å²) in [7, 11) is 2.08. The van der Waals surface area contributed by atoms with Crippen LogP contribution in [0.1, 0.15) is 16.8 Å². The molecule has 0 saturated heterocycles. The van der Waals surface area contributed by atoms with Crippen molar-refractivity contribution < 1.29 is 0 Å². The second-order valence-corrected chi connectivity index (χ2v) is 4.84. The molecule has 0 aliphatic carbocycles. The monoisotopic (exact) mass is 259 g/mol. The van der Waals surface area contributed by atoms with Gasteiger partial charge in [0, 0.05) is 24.5 Å². The lowest BCUT2D eigenvalue weighted by Crippen LogP contribution is -1.96. The zero-order valence-electron chi connectivity index (χ0n) is 11.5. The summed E-state index contributed by atoms with van der Waals surface area (Å²) < 4.78 is 2.15. The van der Waals surface area contributed by atoms with Gasteiger partial charge in [0.05, 0.1) is 0 Å². The van der Waals surface area contributed by atoms with E-state index in [1.165, 1.54) is 22.4 Å². The van der Waals surface area contributed by atoms with Gasteiger partial charge in [0.15, 0.2) is 0 Å². The molecule has 98 valence electrons. The van der Waals surface area contributed by atoms with Crippen LogP contribution in [0, 0.1) is 0 Å². The van der Waals surface area contributed by atoms with Crippen LogP contribution in [0.2, 0.25) is 0 Å². The van der Waals surface area contributed by atoms with E-state index in [1.807, 2.05) is 6.07 Å². The van der Waals surface area contributed by atoms with E-state index in [0.717, 1.165) is 0 Å². The van der Waals surface area contributed by atoms with E-state index in [-0.39, 0.29) is 0 Å². The fourth-order valence-electron chi connectivity index (χ4n) is 2.38. The minimum Gasteiger partial charge on any atom is -0.351 e. The third kappa shape index (κ3) is 2.57. The van der Waals surface area contributed by atoms with Gasteiger partial charge in [-0.05, 0) is 29.3 Å². The van der Waals surface area contributed by atoms with Gasteiger partial charge in [-0.3, -0.25) is 0 Å². The lowest BCUT2D eigenvalue weighted by molar-refractivity contribution is 0.910. The molecular weight excluding hydrogens is 242 g/mol. The molecule has 1 aromatic heterocycles. The van der Waals surface area contributed by atoms with Gasteiger partial charge in [-0.1, -0.05) is 60.7 Å². The molecule has 0 fully saturated rings. The number of rotatable bonds is 3. The van der Waals surface area contributed by atoms with Crippen LogP contribution in [0.5, 0.6) is 0 Å². The number of hydrogen-bond acceptors (Lipinski definition) is 0. The first-order valence-electron chi connectivity index (χ1n) is 6.78. The fourth-order valence-corrected chi connectivity index (χ4v) is 2.38. The highest BCUT2D eigenvalue weighted by Crippen LogP contribution is 2.25. The summed E-state index contributed by atoms with van der Waals surface area (Å²) >= 11 is 0. The van der Waals surface area contributed by atoms with Crippen molar-refractivity contribution >= 4 is 11.6 Å². The molecule has 0 aliphatic rings. The lowest BCUT2D eigenvalue weighted by Gasteiger charge is -2.10. The molecule has 0 spiro atoms. The van der Waals surface area contributed by atoms with Crippen LogP contribution in [0.3, 0.4) is 0 Å². The van der Waals surface area contributed by atoms with Crippen LogP contribution < -0.4 is 0 Å². The molecule has 0 unspecified atom stereocenters. The Morgan fingerprint density at radius 1 is 0.800 bits per heavy atom. The Labute approximate surface area is 119 Å². The first-order valence-corrected chi connectivity index (χ1v) is 6.78. The molecule has 0 bridgehead atoms. The molecule has 0 atom stereocenters. The van der Waals surface area contributed by atoms with Crippen LogP contribution in [0.4, 0.5) is 0 Å². The van der Waals surface area contributed by atoms with Crippen LogP contribution in [-0.2, 0) is 7.05 Å². The second kappa shape index (κ2) is 5.62. The van der Waals surface area contributed by atoms with Crippen LogP contribution in [0.25, 0.3) is 11.6 Å². The molecule has 2 aromatic carbocycles. The predicted molar refractivity (Wildman–Crippen MR) is 85.3 cm³/mol. The van der Waals surface area contributed by atoms with Crippen molar-refractivity contribution in [2.75, 3.05) is 0 Å². The topological polar surface area (TPSA) is 4.93 Å². The van der Waals surface area contributed by atoms with Gasteiger partial charge in [-0.25, -0.2) is 0 Å². The van der Waals surface area contributed by atoms with Crippen LogP contribution >= 0.6 is 0 Å². The molecule has 1 nitrogen and oxygen atoms in total. The van der Waals surface area contributed by atoms with Gasteiger partial charge in [0.1, 0.15) is 0 Å². The minimum absolute atomic E-state index is 1.22. The van der Waals surface area contributed by atoms with Crippen LogP contribution in [-0.4, -0.2) is 4.57 Å². The molecule has 0 saturated carbocycles. The molecule has 1 heterocycles. The molecule has 3 rings (SSSR count). The number of aryl methyl sites for hydroxylation is 1. The Balaban J connectivity index is 2.15. The Bertz CT molecular complexity index is 706. The van der Waals surface area contributed by atoms with Gasteiger partial charge in [0.25, 0.3) is 0 Å². The number of benzene rings is 2. The first kappa shape index (κ1) is 12.5. The number of hydrogen-bond donors (Lipinski definition) is 0. The Kier molecular flexibility index (Phi) is 3.51. The molecule has 0 radical (unpaired) electrons.